The summed E-state index contributed by atoms with van der Waals surface area (Å²) in [4.78, 5) is 56.9. The number of fused-ring (bicyclic) bond motifs is 1. The summed E-state index contributed by atoms with van der Waals surface area (Å²) < 4.78 is 15.0. The molecule has 1 saturated heterocycles. The number of ether oxygens (including phenoxy) is 3. The van der Waals surface area contributed by atoms with Crippen LogP contribution in [0.5, 0.6) is 0 Å². The van der Waals surface area contributed by atoms with Gasteiger partial charge < -0.3 is 24.1 Å². The minimum Gasteiger partial charge on any atom is -0.542 e. The molecule has 0 aromatic rings. The number of ketones is 1. The van der Waals surface area contributed by atoms with E-state index >= 15 is 0 Å². The highest BCUT2D eigenvalue weighted by molar-refractivity contribution is 6.34. The van der Waals surface area contributed by atoms with Gasteiger partial charge in [-0.25, -0.2) is 0 Å². The number of carboxylic acids is 1. The Hall–Kier alpha value is -2.45. The Morgan fingerprint density at radius 2 is 1.96 bits per heavy atom. The molecule has 3 rings (SSSR count). The number of carboxylic acid groups (broad SMARTS) is 1. The number of carbonyl (C=O) groups excluding carboxylic acids is 5. The van der Waals surface area contributed by atoms with Gasteiger partial charge in [0.15, 0.2) is 5.78 Å². The van der Waals surface area contributed by atoms with Gasteiger partial charge in [0.25, 0.3) is 0 Å². The number of aliphatic carboxylic acids is 1. The Morgan fingerprint density at radius 1 is 1.26 bits per heavy atom. The van der Waals surface area contributed by atoms with Crippen molar-refractivity contribution in [2.45, 2.75) is 25.0 Å². The van der Waals surface area contributed by atoms with Crippen LogP contribution in [0.1, 0.15) is 12.8 Å². The first-order valence-corrected chi connectivity index (χ1v) is 7.07. The maximum atomic E-state index is 11.9. The van der Waals surface area contributed by atoms with E-state index in [0.717, 1.165) is 0 Å². The normalized spacial score (nSPS) is 36.5. The quantitative estimate of drug-likeness (QED) is 0.234. The van der Waals surface area contributed by atoms with Crippen molar-refractivity contribution in [1.82, 2.24) is 0 Å². The summed E-state index contributed by atoms with van der Waals surface area (Å²) in [5.74, 6) is -7.59. The average molecular weight is 325 g/mol. The van der Waals surface area contributed by atoms with Gasteiger partial charge in [0.1, 0.15) is 24.6 Å². The van der Waals surface area contributed by atoms with Crippen LogP contribution in [-0.4, -0.2) is 49.0 Å². The smallest absolute Gasteiger partial charge is 0.314 e. The first-order chi connectivity index (χ1) is 10.8. The van der Waals surface area contributed by atoms with Crippen LogP contribution in [0, 0.1) is 23.7 Å². The lowest BCUT2D eigenvalue weighted by molar-refractivity contribution is -0.300. The fourth-order valence-corrected chi connectivity index (χ4v) is 4.00. The van der Waals surface area contributed by atoms with Gasteiger partial charge in [-0.05, 0) is 6.42 Å². The molecule has 2 bridgehead atoms. The molecule has 0 N–H and O–H groups in total. The minimum atomic E-state index is -1.98. The summed E-state index contributed by atoms with van der Waals surface area (Å²) in [6, 6.07) is 0. The van der Waals surface area contributed by atoms with Crippen molar-refractivity contribution < 1.29 is 43.3 Å². The third-order valence-electron chi connectivity index (χ3n) is 4.82. The number of Topliss-reactive ketones (excluding diaryl/α,β-unsaturated/α-hetero) is 1. The molecule has 0 spiro atoms. The van der Waals surface area contributed by atoms with Gasteiger partial charge in [0.05, 0.1) is 18.9 Å². The predicted octanol–water partition coefficient (Wildman–Crippen LogP) is -2.41. The van der Waals surface area contributed by atoms with Crippen LogP contribution in [-0.2, 0) is 38.2 Å². The number of methoxy groups -OCH3 is 1. The highest BCUT2D eigenvalue weighted by Crippen LogP contribution is 2.58. The molecule has 1 heterocycles. The molecule has 0 radical (unpaired) electrons. The molecule has 3 fully saturated rings. The number of esters is 3. The summed E-state index contributed by atoms with van der Waals surface area (Å²) in [7, 11) is 1.20. The fourth-order valence-electron chi connectivity index (χ4n) is 4.00. The number of rotatable bonds is 5. The van der Waals surface area contributed by atoms with Crippen LogP contribution in [0.4, 0.5) is 0 Å². The van der Waals surface area contributed by atoms with E-state index in [0.29, 0.717) is 6.42 Å². The molecule has 9 heteroatoms. The molecule has 0 aromatic heterocycles. The molecule has 0 amide bonds. The van der Waals surface area contributed by atoms with Crippen molar-refractivity contribution in [2.24, 2.45) is 23.7 Å². The Morgan fingerprint density at radius 3 is 2.57 bits per heavy atom. The van der Waals surface area contributed by atoms with Crippen LogP contribution in [0.15, 0.2) is 0 Å². The lowest BCUT2D eigenvalue weighted by Crippen LogP contribution is -2.44. The van der Waals surface area contributed by atoms with Gasteiger partial charge in [-0.3, -0.25) is 19.2 Å². The second kappa shape index (κ2) is 5.32. The lowest BCUT2D eigenvalue weighted by Gasteiger charge is -2.29. The molecule has 0 aromatic carbocycles. The van der Waals surface area contributed by atoms with Crippen LogP contribution >= 0.6 is 0 Å². The second-order valence-corrected chi connectivity index (χ2v) is 5.88. The zero-order valence-electron chi connectivity index (χ0n) is 12.1. The largest absolute Gasteiger partial charge is 0.542 e. The van der Waals surface area contributed by atoms with Crippen LogP contribution in [0.2, 0.25) is 0 Å². The predicted molar refractivity (Wildman–Crippen MR) is 65.0 cm³/mol. The lowest BCUT2D eigenvalue weighted by atomic mass is 9.78. The van der Waals surface area contributed by atoms with Gasteiger partial charge in [0, 0.05) is 11.8 Å². The van der Waals surface area contributed by atoms with Crippen molar-refractivity contribution in [3.05, 3.63) is 0 Å². The van der Waals surface area contributed by atoms with E-state index in [4.69, 9.17) is 14.2 Å². The maximum absolute atomic E-state index is 11.9. The average Bonchev–Trinajstić information content (AvgIpc) is 3.09. The maximum Gasteiger partial charge on any atom is 0.314 e. The van der Waals surface area contributed by atoms with Gasteiger partial charge in [0.2, 0.25) is 0 Å². The van der Waals surface area contributed by atoms with Crippen molar-refractivity contribution in [3.8, 4) is 0 Å². The van der Waals surface area contributed by atoms with E-state index in [1.165, 1.54) is 7.11 Å². The minimum absolute atomic E-state index is 0.244. The molecule has 6 atom stereocenters. The van der Waals surface area contributed by atoms with Gasteiger partial charge in [-0.2, -0.15) is 0 Å². The van der Waals surface area contributed by atoms with E-state index < -0.39 is 66.0 Å². The molecule has 9 nitrogen and oxygen atoms in total. The van der Waals surface area contributed by atoms with Crippen molar-refractivity contribution in [1.29, 1.82) is 0 Å². The summed E-state index contributed by atoms with van der Waals surface area (Å²) >= 11 is 0. The fraction of sp³-hybridized carbons (Fsp3) is 0.643. The highest BCUT2D eigenvalue weighted by Gasteiger charge is 2.70. The first kappa shape index (κ1) is 15.4. The Kier molecular flexibility index (Phi) is 3.57. The zero-order valence-corrected chi connectivity index (χ0v) is 12.1. The monoisotopic (exact) mass is 325 g/mol. The summed E-state index contributed by atoms with van der Waals surface area (Å²) in [5, 5.41) is 10.4. The van der Waals surface area contributed by atoms with Crippen molar-refractivity contribution in [2.75, 3.05) is 7.11 Å². The second-order valence-electron chi connectivity index (χ2n) is 5.88. The SMILES string of the molecule is COC(=O)C1C2CC3C(OC(=O)C31)C2OC(=O)CC(=O)C(=O)[O-]. The van der Waals surface area contributed by atoms with Crippen molar-refractivity contribution >= 4 is 29.7 Å². The number of carbonyl (C=O) groups is 5. The summed E-state index contributed by atoms with van der Waals surface area (Å²) in [6.45, 7) is 0. The van der Waals surface area contributed by atoms with Crippen LogP contribution < -0.4 is 5.11 Å². The standard InChI is InChI=1S/C14H14O9/c1-21-13(19)8-4-2-5-9(8)14(20)23-11(5)10(4)22-7(16)3-6(15)12(17)18/h4-5,8-11H,2-3H2,1H3,(H,17,18)/p-1. The van der Waals surface area contributed by atoms with E-state index in [2.05, 4.69) is 0 Å². The molecular weight excluding hydrogens is 312 g/mol. The molecule has 124 valence electrons. The number of hydrogen-bond acceptors (Lipinski definition) is 9. The third kappa shape index (κ3) is 2.27. The van der Waals surface area contributed by atoms with Gasteiger partial charge in [-0.1, -0.05) is 0 Å². The van der Waals surface area contributed by atoms with Crippen LogP contribution in [0.3, 0.4) is 0 Å². The first-order valence-electron chi connectivity index (χ1n) is 7.07. The molecule has 6 unspecified atom stereocenters. The summed E-state index contributed by atoms with van der Waals surface area (Å²) in [6.07, 6.45) is -2.05. The van der Waals surface area contributed by atoms with Crippen LogP contribution in [0.25, 0.3) is 0 Å². The van der Waals surface area contributed by atoms with E-state index in [1.807, 2.05) is 0 Å². The molecule has 2 saturated carbocycles. The molecule has 23 heavy (non-hydrogen) atoms. The Labute approximate surface area is 129 Å². The zero-order chi connectivity index (χ0) is 16.9. The van der Waals surface area contributed by atoms with E-state index in [1.54, 1.807) is 0 Å². The van der Waals surface area contributed by atoms with Gasteiger partial charge >= 0.3 is 17.9 Å². The van der Waals surface area contributed by atoms with E-state index in [-0.39, 0.29) is 5.92 Å². The molecule has 1 aliphatic heterocycles. The Balaban J connectivity index is 1.75. The molecular formula is C14H13O9-. The third-order valence-corrected chi connectivity index (χ3v) is 4.82. The summed E-state index contributed by atoms with van der Waals surface area (Å²) in [5.41, 5.74) is 0. The topological polar surface area (TPSA) is 136 Å². The highest BCUT2D eigenvalue weighted by atomic mass is 16.6. The number of hydrogen-bond donors (Lipinski definition) is 0. The molecule has 3 aliphatic rings. The van der Waals surface area contributed by atoms with E-state index in [9.17, 15) is 29.1 Å². The van der Waals surface area contributed by atoms with Gasteiger partial charge in [-0.15, -0.1) is 0 Å². The van der Waals surface area contributed by atoms with Crippen molar-refractivity contribution in [3.63, 3.8) is 0 Å². The Bertz CT molecular complexity index is 609. The molecule has 2 aliphatic carbocycles.